The number of aromatic nitrogens is 1. The van der Waals surface area contributed by atoms with Crippen LogP contribution in [0.4, 0.5) is 0 Å². The van der Waals surface area contributed by atoms with Gasteiger partial charge in [-0.15, -0.1) is 0 Å². The minimum Gasteiger partial charge on any atom is -0.356 e. The van der Waals surface area contributed by atoms with Crippen molar-refractivity contribution in [2.45, 2.75) is 49.6 Å². The minimum absolute atomic E-state index is 0.0158. The molecule has 2 aliphatic rings. The maximum atomic E-state index is 13.5. The highest BCUT2D eigenvalue weighted by Crippen LogP contribution is 2.29. The number of amides is 1. The zero-order chi connectivity index (χ0) is 24.0. The summed E-state index contributed by atoms with van der Waals surface area (Å²) in [5, 5.41) is 12.1. The van der Waals surface area contributed by atoms with Gasteiger partial charge in [0.05, 0.1) is 22.4 Å². The molecular weight excluding hydrogens is 450 g/mol. The summed E-state index contributed by atoms with van der Waals surface area (Å²) in [6.45, 7) is 2.66. The molecule has 0 unspecified atom stereocenters. The van der Waals surface area contributed by atoms with Gasteiger partial charge in [0.25, 0.3) is 0 Å². The average molecular weight is 482 g/mol. The molecule has 4 rings (SSSR count). The van der Waals surface area contributed by atoms with Gasteiger partial charge in [0.1, 0.15) is 0 Å². The number of fused-ring (bicyclic) bond motifs is 1. The Kier molecular flexibility index (Phi) is 7.93. The van der Waals surface area contributed by atoms with Gasteiger partial charge in [-0.25, -0.2) is 8.42 Å². The lowest BCUT2D eigenvalue weighted by Crippen LogP contribution is -2.57. The molecule has 0 bridgehead atoms. The number of rotatable bonds is 4. The Bertz CT molecular complexity index is 1120. The number of carbonyl (C=O) groups is 1. The summed E-state index contributed by atoms with van der Waals surface area (Å²) in [6.07, 6.45) is 8.10. The van der Waals surface area contributed by atoms with Crippen molar-refractivity contribution >= 4 is 15.9 Å². The second-order valence-electron chi connectivity index (χ2n) is 8.99. The number of carbonyl (C=O) groups excluding carboxylic acids is 1. The average Bonchev–Trinajstić information content (AvgIpc) is 2.90. The van der Waals surface area contributed by atoms with Crippen molar-refractivity contribution in [3.8, 4) is 6.07 Å². The van der Waals surface area contributed by atoms with Crippen molar-refractivity contribution in [2.24, 2.45) is 5.92 Å². The molecule has 0 radical (unpaired) electrons. The number of benzene rings is 1. The summed E-state index contributed by atoms with van der Waals surface area (Å²) < 4.78 is 28.4. The largest absolute Gasteiger partial charge is 0.356 e. The molecule has 180 valence electrons. The molecule has 2 aliphatic heterocycles. The Balaban J connectivity index is 1.63. The van der Waals surface area contributed by atoms with Crippen LogP contribution in [0.2, 0.25) is 0 Å². The van der Waals surface area contributed by atoms with Crippen molar-refractivity contribution in [3.63, 3.8) is 0 Å². The topological polar surface area (TPSA) is 106 Å². The molecular formula is C25H31N5O3S. The minimum atomic E-state index is -3.74. The molecule has 2 atom stereocenters. The van der Waals surface area contributed by atoms with Crippen molar-refractivity contribution < 1.29 is 13.2 Å². The van der Waals surface area contributed by atoms with Gasteiger partial charge in [-0.1, -0.05) is 12.8 Å². The first-order valence-electron chi connectivity index (χ1n) is 11.9. The summed E-state index contributed by atoms with van der Waals surface area (Å²) in [7, 11) is -3.74. The number of hydrogen-bond donors (Lipinski definition) is 1. The molecule has 1 amide bonds. The van der Waals surface area contributed by atoms with E-state index >= 15 is 0 Å². The van der Waals surface area contributed by atoms with Gasteiger partial charge >= 0.3 is 0 Å². The van der Waals surface area contributed by atoms with E-state index in [1.165, 1.54) is 28.6 Å². The van der Waals surface area contributed by atoms with Crippen LogP contribution in [0.25, 0.3) is 0 Å². The van der Waals surface area contributed by atoms with Gasteiger partial charge in [-0.3, -0.25) is 14.7 Å². The Hall–Kier alpha value is -2.80. The maximum Gasteiger partial charge on any atom is 0.243 e. The van der Waals surface area contributed by atoms with E-state index in [-0.39, 0.29) is 29.3 Å². The van der Waals surface area contributed by atoms with E-state index in [2.05, 4.69) is 15.2 Å². The van der Waals surface area contributed by atoms with E-state index in [9.17, 15) is 13.2 Å². The lowest BCUT2D eigenvalue weighted by molar-refractivity contribution is -0.129. The molecule has 1 aromatic carbocycles. The fraction of sp³-hybridized carbons (Fsp3) is 0.480. The summed E-state index contributed by atoms with van der Waals surface area (Å²) in [5.41, 5.74) is 1.51. The summed E-state index contributed by atoms with van der Waals surface area (Å²) >= 11 is 0. The smallest absolute Gasteiger partial charge is 0.243 e. The van der Waals surface area contributed by atoms with Gasteiger partial charge in [-0.05, 0) is 67.8 Å². The van der Waals surface area contributed by atoms with Crippen LogP contribution in [0.5, 0.6) is 0 Å². The second kappa shape index (κ2) is 11.1. The quantitative estimate of drug-likeness (QED) is 0.719. The molecule has 0 saturated carbocycles. The first-order valence-corrected chi connectivity index (χ1v) is 13.3. The molecule has 1 aromatic heterocycles. The van der Waals surface area contributed by atoms with Crippen molar-refractivity contribution in [1.82, 2.24) is 19.5 Å². The van der Waals surface area contributed by atoms with E-state index in [1.807, 2.05) is 18.2 Å². The first-order chi connectivity index (χ1) is 16.5. The molecule has 9 heteroatoms. The third-order valence-electron chi connectivity index (χ3n) is 6.78. The maximum absolute atomic E-state index is 13.5. The number of piperidine rings is 1. The summed E-state index contributed by atoms with van der Waals surface area (Å²) in [5.74, 6) is -0.255. The highest BCUT2D eigenvalue weighted by Gasteiger charge is 2.41. The Labute approximate surface area is 201 Å². The van der Waals surface area contributed by atoms with Gasteiger partial charge in [0.2, 0.25) is 15.9 Å². The molecule has 1 N–H and O–H groups in total. The van der Waals surface area contributed by atoms with Crippen LogP contribution < -0.4 is 5.32 Å². The Morgan fingerprint density at radius 2 is 1.76 bits per heavy atom. The lowest BCUT2D eigenvalue weighted by atomic mass is 9.90. The van der Waals surface area contributed by atoms with Crippen LogP contribution >= 0.6 is 0 Å². The Morgan fingerprint density at radius 1 is 1.03 bits per heavy atom. The van der Waals surface area contributed by atoms with Gasteiger partial charge in [0.15, 0.2) is 0 Å². The fourth-order valence-electron chi connectivity index (χ4n) is 4.87. The van der Waals surface area contributed by atoms with Crippen LogP contribution in [-0.2, 0) is 21.4 Å². The molecule has 0 spiro atoms. The first kappa shape index (κ1) is 24.3. The van der Waals surface area contributed by atoms with Crippen molar-refractivity contribution in [2.75, 3.05) is 26.2 Å². The summed E-state index contributed by atoms with van der Waals surface area (Å²) in [6, 6.07) is 11.7. The van der Waals surface area contributed by atoms with E-state index in [0.29, 0.717) is 31.6 Å². The Morgan fingerprint density at radius 3 is 2.50 bits per heavy atom. The standard InChI is InChI=1S/C25H31N5O3S/c26-17-20-5-7-22(8-6-20)34(32,33)30-16-11-23-24(19-30)29(18-21-9-13-27-14-10-21)15-4-2-1-3-12-28-25(23)31/h5-10,13-14,23-24H,1-4,11-12,15-16,18-19H2,(H,28,31)/t23-,24+/m0/s1. The molecule has 2 saturated heterocycles. The molecule has 8 nitrogen and oxygen atoms in total. The van der Waals surface area contributed by atoms with Gasteiger partial charge < -0.3 is 5.32 Å². The monoisotopic (exact) mass is 481 g/mol. The molecule has 34 heavy (non-hydrogen) atoms. The molecule has 2 aromatic rings. The third-order valence-corrected chi connectivity index (χ3v) is 8.66. The number of nitriles is 1. The highest BCUT2D eigenvalue weighted by atomic mass is 32.2. The van der Waals surface area contributed by atoms with E-state index in [4.69, 9.17) is 5.26 Å². The number of hydrogen-bond acceptors (Lipinski definition) is 6. The fourth-order valence-corrected chi connectivity index (χ4v) is 6.34. The molecule has 3 heterocycles. The predicted octanol–water partition coefficient (Wildman–Crippen LogP) is 2.52. The molecule has 2 fully saturated rings. The van der Waals surface area contributed by atoms with Crippen molar-refractivity contribution in [3.05, 3.63) is 59.9 Å². The number of sulfonamides is 1. The van der Waals surface area contributed by atoms with Crippen LogP contribution in [0, 0.1) is 17.2 Å². The SMILES string of the molecule is N#Cc1ccc(S(=O)(=O)N2CC[C@@H]3C(=O)NCCCCCCN(Cc4ccncc4)[C@@H]3C2)cc1. The van der Waals surface area contributed by atoms with E-state index in [0.717, 1.165) is 37.8 Å². The van der Waals surface area contributed by atoms with E-state index < -0.39 is 10.0 Å². The van der Waals surface area contributed by atoms with Crippen LogP contribution in [0.3, 0.4) is 0 Å². The highest BCUT2D eigenvalue weighted by molar-refractivity contribution is 7.89. The predicted molar refractivity (Wildman–Crippen MR) is 128 cm³/mol. The lowest BCUT2D eigenvalue weighted by Gasteiger charge is -2.43. The van der Waals surface area contributed by atoms with Gasteiger partial charge in [-0.2, -0.15) is 9.57 Å². The zero-order valence-corrected chi connectivity index (χ0v) is 20.1. The molecule has 0 aliphatic carbocycles. The van der Waals surface area contributed by atoms with E-state index in [1.54, 1.807) is 12.4 Å². The number of pyridine rings is 1. The number of nitrogens with zero attached hydrogens (tertiary/aromatic N) is 4. The third kappa shape index (κ3) is 5.63. The normalized spacial score (nSPS) is 23.2. The summed E-state index contributed by atoms with van der Waals surface area (Å²) in [4.78, 5) is 19.7. The second-order valence-corrected chi connectivity index (χ2v) is 10.9. The van der Waals surface area contributed by atoms with Crippen LogP contribution in [-0.4, -0.2) is 60.7 Å². The van der Waals surface area contributed by atoms with Crippen LogP contribution in [0.15, 0.2) is 53.7 Å². The van der Waals surface area contributed by atoms with Crippen LogP contribution in [0.1, 0.15) is 43.2 Å². The van der Waals surface area contributed by atoms with Gasteiger partial charge in [0, 0.05) is 44.6 Å². The zero-order valence-electron chi connectivity index (χ0n) is 19.3. The number of nitrogens with one attached hydrogen (secondary N) is 1. The van der Waals surface area contributed by atoms with Crippen molar-refractivity contribution in [1.29, 1.82) is 5.26 Å².